The number of hydrogen-bond donors (Lipinski definition) is 0. The first-order valence-corrected chi connectivity index (χ1v) is 6.97. The lowest BCUT2D eigenvalue weighted by molar-refractivity contribution is -0.124. The zero-order chi connectivity index (χ0) is 12.7. The molecule has 0 atom stereocenters. The summed E-state index contributed by atoms with van der Waals surface area (Å²) in [5, 5.41) is 1.99. The molecule has 0 fully saturated rings. The lowest BCUT2D eigenvalue weighted by atomic mass is 10.3. The topological polar surface area (TPSA) is 29.5 Å². The molecule has 5 heteroatoms. The van der Waals surface area contributed by atoms with Crippen LogP contribution in [0.4, 0.5) is 0 Å². The highest BCUT2D eigenvalue weighted by atomic mass is 79.9. The lowest BCUT2D eigenvalue weighted by Crippen LogP contribution is -2.26. The van der Waals surface area contributed by atoms with E-state index in [9.17, 15) is 4.79 Å². The molecule has 1 amide bonds. The van der Waals surface area contributed by atoms with Crippen LogP contribution in [0.25, 0.3) is 6.08 Å². The molecule has 1 heterocycles. The lowest BCUT2D eigenvalue weighted by Gasteiger charge is -2.14. The van der Waals surface area contributed by atoms with Gasteiger partial charge in [0.1, 0.15) is 0 Å². The maximum Gasteiger partial charge on any atom is 0.246 e. The van der Waals surface area contributed by atoms with Crippen molar-refractivity contribution in [2.75, 3.05) is 27.3 Å². The van der Waals surface area contributed by atoms with Gasteiger partial charge in [-0.05, 0) is 34.5 Å². The molecule has 94 valence electrons. The van der Waals surface area contributed by atoms with Gasteiger partial charge in [0.25, 0.3) is 0 Å². The summed E-state index contributed by atoms with van der Waals surface area (Å²) in [4.78, 5) is 14.5. The second kappa shape index (κ2) is 7.63. The van der Waals surface area contributed by atoms with E-state index in [0.29, 0.717) is 13.2 Å². The fourth-order valence-electron chi connectivity index (χ4n) is 1.25. The number of carbonyl (C=O) groups is 1. The van der Waals surface area contributed by atoms with Gasteiger partial charge in [-0.2, -0.15) is 0 Å². The zero-order valence-electron chi connectivity index (χ0n) is 9.98. The van der Waals surface area contributed by atoms with Gasteiger partial charge in [-0.3, -0.25) is 4.79 Å². The van der Waals surface area contributed by atoms with Crippen LogP contribution in [0.5, 0.6) is 0 Å². The van der Waals surface area contributed by atoms with Gasteiger partial charge < -0.3 is 9.64 Å². The summed E-state index contributed by atoms with van der Waals surface area (Å²) in [6.07, 6.45) is 4.30. The van der Waals surface area contributed by atoms with E-state index >= 15 is 0 Å². The van der Waals surface area contributed by atoms with Crippen LogP contribution in [0.2, 0.25) is 0 Å². The number of rotatable bonds is 6. The van der Waals surface area contributed by atoms with Crippen molar-refractivity contribution in [1.29, 1.82) is 0 Å². The Labute approximate surface area is 114 Å². The fraction of sp³-hybridized carbons (Fsp3) is 0.417. The zero-order valence-corrected chi connectivity index (χ0v) is 12.4. The average molecular weight is 318 g/mol. The fourth-order valence-corrected chi connectivity index (χ4v) is 2.59. The third-order valence-electron chi connectivity index (χ3n) is 2.20. The van der Waals surface area contributed by atoms with E-state index < -0.39 is 0 Å². The van der Waals surface area contributed by atoms with E-state index in [-0.39, 0.29) is 5.91 Å². The van der Waals surface area contributed by atoms with Gasteiger partial charge in [0.2, 0.25) is 5.91 Å². The second-order valence-electron chi connectivity index (χ2n) is 3.61. The second-order valence-corrected chi connectivity index (χ2v) is 5.47. The molecule has 0 saturated carbocycles. The number of amides is 1. The minimum absolute atomic E-state index is 0.0191. The Bertz CT molecular complexity index is 390. The monoisotopic (exact) mass is 317 g/mol. The Morgan fingerprint density at radius 1 is 1.65 bits per heavy atom. The summed E-state index contributed by atoms with van der Waals surface area (Å²) in [5.74, 6) is 0.0191. The van der Waals surface area contributed by atoms with Crippen LogP contribution in [0.1, 0.15) is 11.3 Å². The number of thiophene rings is 1. The summed E-state index contributed by atoms with van der Waals surface area (Å²) in [6.45, 7) is 1.39. The summed E-state index contributed by atoms with van der Waals surface area (Å²) >= 11 is 4.98. The van der Waals surface area contributed by atoms with E-state index in [2.05, 4.69) is 15.9 Å². The molecule has 0 unspecified atom stereocenters. The van der Waals surface area contributed by atoms with Crippen LogP contribution in [-0.4, -0.2) is 38.1 Å². The number of ether oxygens (including phenoxy) is 1. The molecule has 0 bridgehead atoms. The van der Waals surface area contributed by atoms with Gasteiger partial charge in [-0.1, -0.05) is 0 Å². The maximum atomic E-state index is 11.7. The normalized spacial score (nSPS) is 11.0. The summed E-state index contributed by atoms with van der Waals surface area (Å²) in [5.41, 5.74) is 0. The van der Waals surface area contributed by atoms with E-state index in [1.807, 2.05) is 17.5 Å². The molecule has 17 heavy (non-hydrogen) atoms. The van der Waals surface area contributed by atoms with Crippen molar-refractivity contribution in [3.63, 3.8) is 0 Å². The minimum atomic E-state index is 0.0191. The molecule has 0 aliphatic rings. The molecule has 0 aromatic carbocycles. The first-order chi connectivity index (χ1) is 8.13. The molecule has 0 spiro atoms. The maximum absolute atomic E-state index is 11.7. The number of halogens is 1. The van der Waals surface area contributed by atoms with Gasteiger partial charge >= 0.3 is 0 Å². The molecule has 0 N–H and O–H groups in total. The molecule has 1 aromatic rings. The van der Waals surface area contributed by atoms with Crippen LogP contribution in [0, 0.1) is 0 Å². The van der Waals surface area contributed by atoms with E-state index in [4.69, 9.17) is 4.74 Å². The Kier molecular flexibility index (Phi) is 6.47. The van der Waals surface area contributed by atoms with Crippen molar-refractivity contribution >= 4 is 39.2 Å². The van der Waals surface area contributed by atoms with E-state index in [0.717, 1.165) is 15.8 Å². The van der Waals surface area contributed by atoms with E-state index in [1.165, 1.54) is 0 Å². The van der Waals surface area contributed by atoms with Crippen molar-refractivity contribution in [2.24, 2.45) is 0 Å². The molecule has 0 aliphatic carbocycles. The summed E-state index contributed by atoms with van der Waals surface area (Å²) in [6, 6.07) is 1.99. The molecule has 0 aliphatic heterocycles. The molecule has 0 saturated heterocycles. The van der Waals surface area contributed by atoms with Gasteiger partial charge in [-0.25, -0.2) is 0 Å². The van der Waals surface area contributed by atoms with Crippen molar-refractivity contribution in [3.05, 3.63) is 26.9 Å². The van der Waals surface area contributed by atoms with Crippen molar-refractivity contribution in [2.45, 2.75) is 6.42 Å². The smallest absolute Gasteiger partial charge is 0.246 e. The number of methoxy groups -OCH3 is 1. The minimum Gasteiger partial charge on any atom is -0.385 e. The SMILES string of the molecule is COCCCN(C)C(=O)C=Cc1cc(Br)cs1. The third kappa shape index (κ3) is 5.48. The number of likely N-dealkylation sites (N-methyl/N-ethyl adjacent to an activating group) is 1. The van der Waals surface area contributed by atoms with Gasteiger partial charge in [0.15, 0.2) is 0 Å². The van der Waals surface area contributed by atoms with Crippen LogP contribution in [0.3, 0.4) is 0 Å². The molecular formula is C12H16BrNO2S. The van der Waals surface area contributed by atoms with Crippen molar-refractivity contribution in [1.82, 2.24) is 4.90 Å². The molecule has 3 nitrogen and oxygen atoms in total. The molecule has 1 rings (SSSR count). The van der Waals surface area contributed by atoms with Crippen LogP contribution >= 0.6 is 27.3 Å². The molecule has 0 radical (unpaired) electrons. The van der Waals surface area contributed by atoms with Gasteiger partial charge in [0, 0.05) is 48.1 Å². The first-order valence-electron chi connectivity index (χ1n) is 5.29. The van der Waals surface area contributed by atoms with Crippen LogP contribution in [0.15, 0.2) is 22.0 Å². The largest absolute Gasteiger partial charge is 0.385 e. The third-order valence-corrected chi connectivity index (χ3v) is 3.85. The number of nitrogens with zero attached hydrogens (tertiary/aromatic N) is 1. The Balaban J connectivity index is 2.40. The highest BCUT2D eigenvalue weighted by molar-refractivity contribution is 9.10. The first kappa shape index (κ1) is 14.4. The Morgan fingerprint density at radius 3 is 3.00 bits per heavy atom. The summed E-state index contributed by atoms with van der Waals surface area (Å²) < 4.78 is 5.99. The van der Waals surface area contributed by atoms with Crippen LogP contribution < -0.4 is 0 Å². The quantitative estimate of drug-likeness (QED) is 0.596. The average Bonchev–Trinajstić information content (AvgIpc) is 2.72. The summed E-state index contributed by atoms with van der Waals surface area (Å²) in [7, 11) is 3.46. The Hall–Kier alpha value is -0.650. The molecular weight excluding hydrogens is 302 g/mol. The van der Waals surface area contributed by atoms with Gasteiger partial charge in [-0.15, -0.1) is 11.3 Å². The standard InChI is InChI=1S/C12H16BrNO2S/c1-14(6-3-7-16-2)12(15)5-4-11-8-10(13)9-17-11/h4-5,8-9H,3,6-7H2,1-2H3. The molecule has 1 aromatic heterocycles. The highest BCUT2D eigenvalue weighted by Crippen LogP contribution is 2.20. The highest BCUT2D eigenvalue weighted by Gasteiger charge is 2.04. The predicted molar refractivity (Wildman–Crippen MR) is 75.2 cm³/mol. The van der Waals surface area contributed by atoms with E-state index in [1.54, 1.807) is 36.5 Å². The predicted octanol–water partition coefficient (Wildman–Crippen LogP) is 3.02. The van der Waals surface area contributed by atoms with Crippen molar-refractivity contribution < 1.29 is 9.53 Å². The van der Waals surface area contributed by atoms with Crippen LogP contribution in [-0.2, 0) is 9.53 Å². The number of carbonyl (C=O) groups excluding carboxylic acids is 1. The number of hydrogen-bond acceptors (Lipinski definition) is 3. The Morgan fingerprint density at radius 2 is 2.41 bits per heavy atom. The van der Waals surface area contributed by atoms with Crippen molar-refractivity contribution in [3.8, 4) is 0 Å². The van der Waals surface area contributed by atoms with Gasteiger partial charge in [0.05, 0.1) is 0 Å².